The van der Waals surface area contributed by atoms with Crippen molar-refractivity contribution in [2.75, 3.05) is 12.3 Å². The Kier molecular flexibility index (Phi) is 3.75. The van der Waals surface area contributed by atoms with E-state index in [4.69, 9.17) is 10.0 Å². The lowest BCUT2D eigenvalue weighted by molar-refractivity contribution is 0.385. The lowest BCUT2D eigenvalue weighted by Crippen LogP contribution is -2.30. The van der Waals surface area contributed by atoms with Crippen LogP contribution in [0.1, 0.15) is 5.56 Å². The van der Waals surface area contributed by atoms with Crippen molar-refractivity contribution in [3.8, 4) is 0 Å². The molecule has 7 heteroatoms. The molecule has 0 saturated heterocycles. The van der Waals surface area contributed by atoms with Gasteiger partial charge in [-0.15, -0.1) is 0 Å². The quantitative estimate of drug-likeness (QED) is 0.692. The Balaban J connectivity index is 2.02. The van der Waals surface area contributed by atoms with E-state index in [-0.39, 0.29) is 5.75 Å². The first-order chi connectivity index (χ1) is 8.46. The van der Waals surface area contributed by atoms with Crippen LogP contribution >= 0.6 is 0 Å². The van der Waals surface area contributed by atoms with E-state index in [1.54, 1.807) is 30.5 Å². The third-order valence-corrected chi connectivity index (χ3v) is 4.09. The molecule has 0 spiro atoms. The molecule has 1 heterocycles. The zero-order valence-corrected chi connectivity index (χ0v) is 10.5. The predicted molar refractivity (Wildman–Crippen MR) is 69.6 cm³/mol. The number of nitrogens with zero attached hydrogens (tertiary/aromatic N) is 1. The van der Waals surface area contributed by atoms with Crippen molar-refractivity contribution < 1.29 is 18.5 Å². The van der Waals surface area contributed by atoms with Crippen LogP contribution in [0, 0.1) is 0 Å². The molecule has 18 heavy (non-hydrogen) atoms. The van der Waals surface area contributed by atoms with Crippen molar-refractivity contribution in [2.45, 2.75) is 6.54 Å². The zero-order chi connectivity index (χ0) is 13.2. The molecule has 0 bridgehead atoms. The summed E-state index contributed by atoms with van der Waals surface area (Å²) in [6.07, 6.45) is 1.58. The zero-order valence-electron chi connectivity index (χ0n) is 9.73. The van der Waals surface area contributed by atoms with Gasteiger partial charge in [-0.25, -0.2) is 8.42 Å². The van der Waals surface area contributed by atoms with E-state index in [1.807, 2.05) is 4.90 Å². The van der Waals surface area contributed by atoms with Gasteiger partial charge in [0.15, 0.2) is 9.84 Å². The summed E-state index contributed by atoms with van der Waals surface area (Å²) in [5.41, 5.74) is 1.43. The maximum Gasteiger partial charge on any atom is 0.488 e. The lowest BCUT2D eigenvalue weighted by atomic mass is 9.80. The Bertz CT molecular complexity index is 539. The third-order valence-electron chi connectivity index (χ3n) is 2.81. The van der Waals surface area contributed by atoms with Gasteiger partial charge >= 0.3 is 7.12 Å². The average molecular weight is 267 g/mol. The summed E-state index contributed by atoms with van der Waals surface area (Å²) >= 11 is 0. The second kappa shape index (κ2) is 5.13. The topological polar surface area (TPSA) is 77.8 Å². The van der Waals surface area contributed by atoms with Gasteiger partial charge in [0.2, 0.25) is 0 Å². The Hall–Kier alpha value is -1.31. The molecule has 0 saturated carbocycles. The van der Waals surface area contributed by atoms with Crippen molar-refractivity contribution in [3.63, 3.8) is 0 Å². The van der Waals surface area contributed by atoms with Crippen molar-refractivity contribution in [2.24, 2.45) is 0 Å². The first-order valence-corrected chi connectivity index (χ1v) is 7.28. The Labute approximate surface area is 106 Å². The standard InChI is InChI=1S/C11H14BNO4S/c14-12(15)11-3-1-10(2-4-11)9-13-5-7-18(16,17)8-6-13/h1-5,7,14-15H,6,8-9H2. The molecule has 0 unspecified atom stereocenters. The summed E-state index contributed by atoms with van der Waals surface area (Å²) in [5.74, 6) is 0.136. The minimum Gasteiger partial charge on any atom is -0.423 e. The van der Waals surface area contributed by atoms with Crippen molar-refractivity contribution in [1.29, 1.82) is 0 Å². The number of benzene rings is 1. The molecule has 5 nitrogen and oxygen atoms in total. The van der Waals surface area contributed by atoms with Gasteiger partial charge < -0.3 is 14.9 Å². The van der Waals surface area contributed by atoms with Crippen LogP contribution in [0.15, 0.2) is 35.9 Å². The van der Waals surface area contributed by atoms with E-state index in [0.29, 0.717) is 18.6 Å². The number of hydrogen-bond donors (Lipinski definition) is 2. The van der Waals surface area contributed by atoms with Crippen LogP contribution in [0.4, 0.5) is 0 Å². The normalized spacial score (nSPS) is 17.8. The van der Waals surface area contributed by atoms with Crippen molar-refractivity contribution >= 4 is 22.4 Å². The highest BCUT2D eigenvalue weighted by Crippen LogP contribution is 2.10. The van der Waals surface area contributed by atoms with Gasteiger partial charge in [-0.3, -0.25) is 0 Å². The predicted octanol–water partition coefficient (Wildman–Crippen LogP) is -0.932. The van der Waals surface area contributed by atoms with E-state index in [0.717, 1.165) is 5.56 Å². The Morgan fingerprint density at radius 2 is 1.89 bits per heavy atom. The van der Waals surface area contributed by atoms with Crippen molar-refractivity contribution in [3.05, 3.63) is 41.4 Å². The fourth-order valence-electron chi connectivity index (χ4n) is 1.73. The fourth-order valence-corrected chi connectivity index (χ4v) is 2.71. The van der Waals surface area contributed by atoms with E-state index >= 15 is 0 Å². The van der Waals surface area contributed by atoms with E-state index in [2.05, 4.69) is 0 Å². The molecule has 1 aliphatic heterocycles. The second-order valence-corrected chi connectivity index (χ2v) is 6.24. The van der Waals surface area contributed by atoms with Crippen LogP contribution in [-0.2, 0) is 16.4 Å². The fraction of sp³-hybridized carbons (Fsp3) is 0.273. The highest BCUT2D eigenvalue weighted by Gasteiger charge is 2.15. The SMILES string of the molecule is O=S1(=O)C=CN(Cc2ccc(B(O)O)cc2)CC1. The third kappa shape index (κ3) is 3.35. The molecule has 1 aliphatic rings. The molecule has 0 radical (unpaired) electrons. The van der Waals surface area contributed by atoms with Gasteiger partial charge in [-0.05, 0) is 11.0 Å². The lowest BCUT2D eigenvalue weighted by Gasteiger charge is -2.23. The summed E-state index contributed by atoms with van der Waals surface area (Å²) in [6.45, 7) is 1.08. The molecule has 1 aromatic rings. The van der Waals surface area contributed by atoms with Crippen LogP contribution in [-0.4, -0.2) is 42.8 Å². The molecular weight excluding hydrogens is 253 g/mol. The van der Waals surface area contributed by atoms with Gasteiger partial charge in [-0.2, -0.15) is 0 Å². The first-order valence-electron chi connectivity index (χ1n) is 5.56. The highest BCUT2D eigenvalue weighted by molar-refractivity contribution is 7.94. The van der Waals surface area contributed by atoms with Crippen LogP contribution in [0.2, 0.25) is 0 Å². The monoisotopic (exact) mass is 267 g/mol. The summed E-state index contributed by atoms with van der Waals surface area (Å²) < 4.78 is 22.4. The summed E-state index contributed by atoms with van der Waals surface area (Å²) in [5, 5.41) is 19.1. The number of rotatable bonds is 3. The molecule has 0 aliphatic carbocycles. The van der Waals surface area contributed by atoms with Gasteiger partial charge in [0.05, 0.1) is 5.75 Å². The molecule has 2 rings (SSSR count). The average Bonchev–Trinajstić information content (AvgIpc) is 2.33. The molecular formula is C11H14BNO4S. The highest BCUT2D eigenvalue weighted by atomic mass is 32.2. The molecule has 0 atom stereocenters. The summed E-state index contributed by atoms with van der Waals surface area (Å²) in [4.78, 5) is 1.91. The van der Waals surface area contributed by atoms with E-state index < -0.39 is 17.0 Å². The minimum absolute atomic E-state index is 0.136. The van der Waals surface area contributed by atoms with Crippen molar-refractivity contribution in [1.82, 2.24) is 4.90 Å². The first kappa shape index (κ1) is 13.1. The smallest absolute Gasteiger partial charge is 0.423 e. The Morgan fingerprint density at radius 1 is 1.22 bits per heavy atom. The van der Waals surface area contributed by atoms with Crippen LogP contribution in [0.5, 0.6) is 0 Å². The van der Waals surface area contributed by atoms with Crippen LogP contribution in [0.3, 0.4) is 0 Å². The second-order valence-electron chi connectivity index (χ2n) is 4.24. The molecule has 2 N–H and O–H groups in total. The maximum atomic E-state index is 11.2. The molecule has 0 amide bonds. The molecule has 0 aromatic heterocycles. The molecule has 1 aromatic carbocycles. The molecule has 96 valence electrons. The van der Waals surface area contributed by atoms with Gasteiger partial charge in [0, 0.05) is 24.7 Å². The Morgan fingerprint density at radius 3 is 2.39 bits per heavy atom. The van der Waals surface area contributed by atoms with E-state index in [9.17, 15) is 8.42 Å². The minimum atomic E-state index is -3.01. The number of hydrogen-bond acceptors (Lipinski definition) is 5. The largest absolute Gasteiger partial charge is 0.488 e. The van der Waals surface area contributed by atoms with E-state index in [1.165, 1.54) is 5.41 Å². The van der Waals surface area contributed by atoms with Crippen LogP contribution < -0.4 is 5.46 Å². The van der Waals surface area contributed by atoms with Gasteiger partial charge in [-0.1, -0.05) is 24.3 Å². The maximum absolute atomic E-state index is 11.2. The van der Waals surface area contributed by atoms with Crippen LogP contribution in [0.25, 0.3) is 0 Å². The molecule has 0 fully saturated rings. The summed E-state index contributed by atoms with van der Waals surface area (Å²) in [7, 11) is -4.47. The number of sulfone groups is 1. The van der Waals surface area contributed by atoms with Gasteiger partial charge in [0.25, 0.3) is 0 Å². The summed E-state index contributed by atoms with van der Waals surface area (Å²) in [6, 6.07) is 6.88. The van der Waals surface area contributed by atoms with Gasteiger partial charge in [0.1, 0.15) is 0 Å².